The molecule has 6 nitrogen and oxygen atoms in total. The third-order valence-electron chi connectivity index (χ3n) is 2.20. The van der Waals surface area contributed by atoms with Crippen molar-refractivity contribution in [2.45, 2.75) is 0 Å². The summed E-state index contributed by atoms with van der Waals surface area (Å²) in [7, 11) is 1.48. The fourth-order valence-corrected chi connectivity index (χ4v) is 1.63. The van der Waals surface area contributed by atoms with Crippen LogP contribution in [-0.4, -0.2) is 28.2 Å². The standard InChI is InChI=1S/C12H9BrN2O4/c1-18-10-4-5-14-12(15-10)19-9-6-7(11(16)17)2-3-8(9)13/h2-6H,1H3,(H,16,17). The average molecular weight is 325 g/mol. The molecular formula is C12H9BrN2O4. The smallest absolute Gasteiger partial charge is 0.335 e. The number of benzene rings is 1. The van der Waals surface area contributed by atoms with Crippen LogP contribution in [0.4, 0.5) is 0 Å². The second kappa shape index (κ2) is 5.66. The topological polar surface area (TPSA) is 81.5 Å². The first-order valence-electron chi connectivity index (χ1n) is 5.18. The molecule has 1 N–H and O–H groups in total. The van der Waals surface area contributed by atoms with Gasteiger partial charge in [-0.15, -0.1) is 0 Å². The van der Waals surface area contributed by atoms with E-state index < -0.39 is 5.97 Å². The zero-order chi connectivity index (χ0) is 13.8. The molecule has 7 heteroatoms. The summed E-state index contributed by atoms with van der Waals surface area (Å²) in [5, 5.41) is 8.93. The molecule has 0 aliphatic rings. The van der Waals surface area contributed by atoms with Crippen LogP contribution in [0, 0.1) is 0 Å². The van der Waals surface area contributed by atoms with Gasteiger partial charge in [0.15, 0.2) is 0 Å². The Kier molecular flexibility index (Phi) is 3.96. The Bertz CT molecular complexity index is 618. The number of methoxy groups -OCH3 is 1. The van der Waals surface area contributed by atoms with Crippen molar-refractivity contribution in [3.05, 3.63) is 40.5 Å². The second-order valence-corrected chi connectivity index (χ2v) is 4.29. The summed E-state index contributed by atoms with van der Waals surface area (Å²) in [6.45, 7) is 0. The minimum Gasteiger partial charge on any atom is -0.481 e. The second-order valence-electron chi connectivity index (χ2n) is 3.43. The van der Waals surface area contributed by atoms with E-state index in [2.05, 4.69) is 25.9 Å². The van der Waals surface area contributed by atoms with E-state index in [4.69, 9.17) is 14.6 Å². The molecule has 0 saturated carbocycles. The van der Waals surface area contributed by atoms with Crippen molar-refractivity contribution < 1.29 is 19.4 Å². The van der Waals surface area contributed by atoms with Gasteiger partial charge in [-0.1, -0.05) is 0 Å². The Morgan fingerprint density at radius 1 is 1.37 bits per heavy atom. The molecule has 0 fully saturated rings. The fourth-order valence-electron chi connectivity index (χ4n) is 1.30. The summed E-state index contributed by atoms with van der Waals surface area (Å²) >= 11 is 3.27. The minimum absolute atomic E-state index is 0.0718. The number of carbonyl (C=O) groups is 1. The van der Waals surface area contributed by atoms with Gasteiger partial charge in [-0.25, -0.2) is 9.78 Å². The third kappa shape index (κ3) is 3.19. The maximum atomic E-state index is 10.9. The van der Waals surface area contributed by atoms with E-state index in [1.165, 1.54) is 25.4 Å². The van der Waals surface area contributed by atoms with Crippen molar-refractivity contribution in [3.8, 4) is 17.6 Å². The van der Waals surface area contributed by atoms with Gasteiger partial charge >= 0.3 is 12.0 Å². The van der Waals surface area contributed by atoms with Gasteiger partial charge in [0.2, 0.25) is 5.88 Å². The molecule has 0 radical (unpaired) electrons. The van der Waals surface area contributed by atoms with Gasteiger partial charge in [-0.3, -0.25) is 0 Å². The predicted molar refractivity (Wildman–Crippen MR) is 69.8 cm³/mol. The minimum atomic E-state index is -1.04. The Balaban J connectivity index is 2.31. The number of aromatic nitrogens is 2. The van der Waals surface area contributed by atoms with Crippen LogP contribution >= 0.6 is 15.9 Å². The monoisotopic (exact) mass is 324 g/mol. The highest BCUT2D eigenvalue weighted by atomic mass is 79.9. The van der Waals surface area contributed by atoms with Crippen LogP contribution in [0.5, 0.6) is 17.6 Å². The molecule has 0 amide bonds. The first-order valence-corrected chi connectivity index (χ1v) is 5.97. The normalized spacial score (nSPS) is 10.0. The van der Waals surface area contributed by atoms with Gasteiger partial charge in [0.1, 0.15) is 5.75 Å². The number of hydrogen-bond acceptors (Lipinski definition) is 5. The van der Waals surface area contributed by atoms with Crippen molar-refractivity contribution in [1.29, 1.82) is 0 Å². The number of carboxylic acids is 1. The Morgan fingerprint density at radius 2 is 2.16 bits per heavy atom. The van der Waals surface area contributed by atoms with Gasteiger partial charge < -0.3 is 14.6 Å². The van der Waals surface area contributed by atoms with Crippen LogP contribution in [0.25, 0.3) is 0 Å². The molecule has 2 rings (SSSR count). The summed E-state index contributed by atoms with van der Waals surface area (Å²) in [5.74, 6) is -0.368. The van der Waals surface area contributed by atoms with Crippen LogP contribution in [0.2, 0.25) is 0 Å². The Labute approximate surface area is 117 Å². The van der Waals surface area contributed by atoms with E-state index in [1.807, 2.05) is 0 Å². The van der Waals surface area contributed by atoms with E-state index in [9.17, 15) is 4.79 Å². The molecular weight excluding hydrogens is 316 g/mol. The summed E-state index contributed by atoms with van der Waals surface area (Å²) < 4.78 is 11.0. The largest absolute Gasteiger partial charge is 0.481 e. The molecule has 19 heavy (non-hydrogen) atoms. The van der Waals surface area contributed by atoms with Crippen LogP contribution in [0.15, 0.2) is 34.9 Å². The molecule has 0 saturated heterocycles. The van der Waals surface area contributed by atoms with E-state index in [1.54, 1.807) is 12.1 Å². The number of carboxylic acid groups (broad SMARTS) is 1. The number of nitrogens with zero attached hydrogens (tertiary/aromatic N) is 2. The molecule has 0 unspecified atom stereocenters. The zero-order valence-electron chi connectivity index (χ0n) is 9.83. The number of halogens is 1. The lowest BCUT2D eigenvalue weighted by Crippen LogP contribution is -1.98. The summed E-state index contributed by atoms with van der Waals surface area (Å²) in [4.78, 5) is 18.8. The maximum Gasteiger partial charge on any atom is 0.335 e. The molecule has 98 valence electrons. The lowest BCUT2D eigenvalue weighted by atomic mass is 10.2. The van der Waals surface area contributed by atoms with Gasteiger partial charge in [0.25, 0.3) is 0 Å². The van der Waals surface area contributed by atoms with Crippen LogP contribution in [0.3, 0.4) is 0 Å². The van der Waals surface area contributed by atoms with Crippen LogP contribution in [-0.2, 0) is 0 Å². The van der Waals surface area contributed by atoms with Gasteiger partial charge in [-0.2, -0.15) is 4.98 Å². The van der Waals surface area contributed by atoms with Gasteiger partial charge in [0, 0.05) is 12.3 Å². The Morgan fingerprint density at radius 3 is 2.84 bits per heavy atom. The molecule has 0 aliphatic heterocycles. The van der Waals surface area contributed by atoms with Crippen LogP contribution < -0.4 is 9.47 Å². The average Bonchev–Trinajstić information content (AvgIpc) is 2.41. The quantitative estimate of drug-likeness (QED) is 0.931. The molecule has 1 aromatic carbocycles. The van der Waals surface area contributed by atoms with E-state index in [-0.39, 0.29) is 11.6 Å². The first kappa shape index (κ1) is 13.3. The van der Waals surface area contributed by atoms with E-state index in [0.29, 0.717) is 16.1 Å². The van der Waals surface area contributed by atoms with Crippen molar-refractivity contribution in [3.63, 3.8) is 0 Å². The molecule has 0 spiro atoms. The van der Waals surface area contributed by atoms with E-state index in [0.717, 1.165) is 0 Å². The highest BCUT2D eigenvalue weighted by Gasteiger charge is 2.10. The summed E-state index contributed by atoms with van der Waals surface area (Å²) in [6, 6.07) is 6.08. The first-order chi connectivity index (χ1) is 9.10. The number of rotatable bonds is 4. The Hall–Kier alpha value is -2.15. The van der Waals surface area contributed by atoms with Gasteiger partial charge in [-0.05, 0) is 34.1 Å². The van der Waals surface area contributed by atoms with E-state index >= 15 is 0 Å². The molecule has 1 aromatic heterocycles. The number of ether oxygens (including phenoxy) is 2. The van der Waals surface area contributed by atoms with Crippen molar-refractivity contribution in [2.75, 3.05) is 7.11 Å². The molecule has 1 heterocycles. The lowest BCUT2D eigenvalue weighted by molar-refractivity contribution is 0.0696. The highest BCUT2D eigenvalue weighted by Crippen LogP contribution is 2.29. The molecule has 0 aliphatic carbocycles. The fraction of sp³-hybridized carbons (Fsp3) is 0.0833. The molecule has 0 bridgehead atoms. The third-order valence-corrected chi connectivity index (χ3v) is 2.85. The highest BCUT2D eigenvalue weighted by molar-refractivity contribution is 9.10. The zero-order valence-corrected chi connectivity index (χ0v) is 11.4. The molecule has 2 aromatic rings. The van der Waals surface area contributed by atoms with Gasteiger partial charge in [0.05, 0.1) is 17.1 Å². The maximum absolute atomic E-state index is 10.9. The number of hydrogen-bond donors (Lipinski definition) is 1. The van der Waals surface area contributed by atoms with Crippen molar-refractivity contribution >= 4 is 21.9 Å². The van der Waals surface area contributed by atoms with Crippen molar-refractivity contribution in [2.24, 2.45) is 0 Å². The summed E-state index contributed by atoms with van der Waals surface area (Å²) in [5.41, 5.74) is 0.112. The van der Waals surface area contributed by atoms with Crippen molar-refractivity contribution in [1.82, 2.24) is 9.97 Å². The SMILES string of the molecule is COc1ccnc(Oc2cc(C(=O)O)ccc2Br)n1. The summed E-state index contributed by atoms with van der Waals surface area (Å²) in [6.07, 6.45) is 1.48. The lowest BCUT2D eigenvalue weighted by Gasteiger charge is -2.07. The van der Waals surface area contributed by atoms with Crippen LogP contribution in [0.1, 0.15) is 10.4 Å². The number of aromatic carboxylic acids is 1. The predicted octanol–water partition coefficient (Wildman–Crippen LogP) is 2.74. The molecule has 0 atom stereocenters.